The summed E-state index contributed by atoms with van der Waals surface area (Å²) >= 11 is 0. The zero-order valence-electron chi connectivity index (χ0n) is 12.5. The molecule has 0 saturated heterocycles. The summed E-state index contributed by atoms with van der Waals surface area (Å²) in [6, 6.07) is 0. The van der Waals surface area contributed by atoms with Crippen molar-refractivity contribution in [1.29, 1.82) is 0 Å². The van der Waals surface area contributed by atoms with E-state index in [9.17, 15) is 4.79 Å². The van der Waals surface area contributed by atoms with Gasteiger partial charge in [-0.25, -0.2) is 0 Å². The number of carboxylic acids is 1. The van der Waals surface area contributed by atoms with E-state index in [1.54, 1.807) is 7.05 Å². The average molecular weight is 259 g/mol. The lowest BCUT2D eigenvalue weighted by atomic mass is 10.1. The van der Waals surface area contributed by atoms with Crippen LogP contribution in [0.15, 0.2) is 4.99 Å². The molecule has 0 aromatic rings. The monoisotopic (exact) mass is 259 g/mol. The highest BCUT2D eigenvalue weighted by Gasteiger charge is 1.94. The topological polar surface area (TPSA) is 64.9 Å². The normalized spacial score (nSPS) is 10.4. The summed E-state index contributed by atoms with van der Waals surface area (Å²) in [5, 5.41) is 11.2. The summed E-state index contributed by atoms with van der Waals surface area (Å²) in [6.45, 7) is 2.15. The van der Waals surface area contributed by atoms with Crippen LogP contribution in [-0.2, 0) is 4.79 Å². The molecule has 5 nitrogen and oxygen atoms in total. The molecule has 0 aromatic heterocycles. The van der Waals surface area contributed by atoms with Crippen molar-refractivity contribution in [2.24, 2.45) is 4.99 Å². The lowest BCUT2D eigenvalue weighted by Gasteiger charge is -2.12. The summed E-state index contributed by atoms with van der Waals surface area (Å²) < 4.78 is 0. The third kappa shape index (κ3) is 14.7. The van der Waals surface area contributed by atoms with Crippen molar-refractivity contribution in [1.82, 2.24) is 10.2 Å². The largest absolute Gasteiger partial charge is 0.481 e. The van der Waals surface area contributed by atoms with Crippen LogP contribution in [0.5, 0.6) is 0 Å². The summed E-state index contributed by atoms with van der Waals surface area (Å²) in [5.41, 5.74) is 0. The molecule has 0 atom stereocenters. The van der Waals surface area contributed by atoms with Crippen LogP contribution in [0.4, 0.5) is 0 Å². The van der Waals surface area contributed by atoms with Gasteiger partial charge in [-0.05, 0) is 6.42 Å². The van der Waals surface area contributed by atoms with Gasteiger partial charge in [-0.2, -0.15) is 0 Å². The van der Waals surface area contributed by atoms with Gasteiger partial charge in [0.05, 0.1) is 0 Å². The minimum absolute atomic E-state index is 0.337. The van der Waals surface area contributed by atoms with E-state index in [-0.39, 0.29) is 0 Å². The molecule has 0 saturated carbocycles. The van der Waals surface area contributed by atoms with E-state index < -0.39 is 5.97 Å². The molecule has 0 aromatic carbocycles. The molecule has 0 rings (SSSR count). The van der Waals surface area contributed by atoms with Crippen molar-refractivity contribution in [3.05, 3.63) is 0 Å². The van der Waals surface area contributed by atoms with Crippen molar-refractivity contribution in [3.8, 4) is 0 Å². The van der Waals surface area contributed by atoms with Crippen LogP contribution in [0.3, 0.4) is 0 Å². The number of carbonyl (C=O) groups is 1. The van der Waals surface area contributed by atoms with E-state index in [0.29, 0.717) is 6.42 Å². The summed E-state index contributed by atoms with van der Waals surface area (Å²) in [6.07, 6.45) is 5.88. The summed E-state index contributed by atoms with van der Waals surface area (Å²) in [5.74, 6) is 0.224. The number of aliphatic imine (C=N–C) groups is 1. The number of guanidine groups is 1. The van der Waals surface area contributed by atoms with E-state index in [1.807, 2.05) is 26.0 Å². The second-order valence-electron chi connectivity index (χ2n) is 4.25. The standard InChI is InChI=1S/C8H16O2.C5H13N3/c1-2-3-4-5-6-7-8(9)10;1-6-5(7-2)8(3)4/h2-7H2,1H3,(H,9,10);1-4H3,(H,6,7). The Bertz CT molecular complexity index is 228. The average Bonchev–Trinajstić information content (AvgIpc) is 2.30. The Labute approximate surface area is 111 Å². The number of hydrogen-bond donors (Lipinski definition) is 2. The second kappa shape index (κ2) is 13.8. The molecule has 0 unspecified atom stereocenters. The molecule has 0 aliphatic rings. The predicted octanol–water partition coefficient (Wildman–Crippen LogP) is 2.18. The maximum atomic E-state index is 10.0. The first-order valence-electron chi connectivity index (χ1n) is 6.53. The lowest BCUT2D eigenvalue weighted by Crippen LogP contribution is -2.33. The Kier molecular flexibility index (Phi) is 14.6. The summed E-state index contributed by atoms with van der Waals surface area (Å²) in [7, 11) is 7.49. The van der Waals surface area contributed by atoms with E-state index >= 15 is 0 Å². The van der Waals surface area contributed by atoms with Gasteiger partial charge in [0, 0.05) is 34.6 Å². The molecule has 0 heterocycles. The van der Waals surface area contributed by atoms with Gasteiger partial charge in [-0.3, -0.25) is 9.79 Å². The van der Waals surface area contributed by atoms with Crippen molar-refractivity contribution in [2.75, 3.05) is 28.2 Å². The van der Waals surface area contributed by atoms with Gasteiger partial charge in [0.25, 0.3) is 0 Å². The van der Waals surface area contributed by atoms with Gasteiger partial charge in [-0.1, -0.05) is 32.6 Å². The molecule has 2 N–H and O–H groups in total. The van der Waals surface area contributed by atoms with Crippen LogP contribution in [0, 0.1) is 0 Å². The lowest BCUT2D eigenvalue weighted by molar-refractivity contribution is -0.137. The Morgan fingerprint density at radius 1 is 1.22 bits per heavy atom. The molecule has 0 aliphatic heterocycles. The number of unbranched alkanes of at least 4 members (excludes halogenated alkanes) is 4. The van der Waals surface area contributed by atoms with Crippen LogP contribution < -0.4 is 5.32 Å². The fraction of sp³-hybridized carbons (Fsp3) is 0.846. The van der Waals surface area contributed by atoms with Crippen molar-refractivity contribution < 1.29 is 9.90 Å². The van der Waals surface area contributed by atoms with Crippen LogP contribution >= 0.6 is 0 Å². The zero-order valence-corrected chi connectivity index (χ0v) is 12.5. The number of nitrogens with zero attached hydrogens (tertiary/aromatic N) is 2. The summed E-state index contributed by atoms with van der Waals surface area (Å²) in [4.78, 5) is 15.9. The van der Waals surface area contributed by atoms with Crippen molar-refractivity contribution in [2.45, 2.75) is 45.4 Å². The van der Waals surface area contributed by atoms with Crippen LogP contribution in [0.25, 0.3) is 0 Å². The number of hydrogen-bond acceptors (Lipinski definition) is 2. The van der Waals surface area contributed by atoms with Crippen LogP contribution in [0.1, 0.15) is 45.4 Å². The van der Waals surface area contributed by atoms with Gasteiger partial charge in [0.15, 0.2) is 5.96 Å². The highest BCUT2D eigenvalue weighted by atomic mass is 16.4. The molecule has 0 bridgehead atoms. The quantitative estimate of drug-likeness (QED) is 0.436. The zero-order chi connectivity index (χ0) is 14.4. The Morgan fingerprint density at radius 2 is 1.78 bits per heavy atom. The maximum Gasteiger partial charge on any atom is 0.303 e. The molecular formula is C13H29N3O2. The Balaban J connectivity index is 0. The Morgan fingerprint density at radius 3 is 2.06 bits per heavy atom. The minimum atomic E-state index is -0.670. The van der Waals surface area contributed by atoms with Gasteiger partial charge in [-0.15, -0.1) is 0 Å². The molecule has 0 fully saturated rings. The molecule has 18 heavy (non-hydrogen) atoms. The molecule has 0 spiro atoms. The minimum Gasteiger partial charge on any atom is -0.481 e. The predicted molar refractivity (Wildman–Crippen MR) is 77.1 cm³/mol. The smallest absolute Gasteiger partial charge is 0.303 e. The van der Waals surface area contributed by atoms with Crippen LogP contribution in [0.2, 0.25) is 0 Å². The number of carboxylic acid groups (broad SMARTS) is 1. The van der Waals surface area contributed by atoms with Gasteiger partial charge >= 0.3 is 5.97 Å². The van der Waals surface area contributed by atoms with Crippen molar-refractivity contribution in [3.63, 3.8) is 0 Å². The second-order valence-corrected chi connectivity index (χ2v) is 4.25. The van der Waals surface area contributed by atoms with E-state index in [2.05, 4.69) is 17.2 Å². The Hall–Kier alpha value is -1.26. The van der Waals surface area contributed by atoms with Gasteiger partial charge in [0.1, 0.15) is 0 Å². The number of nitrogens with one attached hydrogen (secondary N) is 1. The molecule has 108 valence electrons. The molecule has 0 aliphatic carbocycles. The molecule has 0 amide bonds. The highest BCUT2D eigenvalue weighted by molar-refractivity contribution is 5.78. The molecule has 5 heteroatoms. The SMILES string of the molecule is CCCCCCCC(=O)O.CN=C(NC)N(C)C. The fourth-order valence-electron chi connectivity index (χ4n) is 1.42. The molecule has 0 radical (unpaired) electrons. The first-order valence-corrected chi connectivity index (χ1v) is 6.53. The first kappa shape index (κ1) is 19.1. The van der Waals surface area contributed by atoms with Gasteiger partial charge in [0.2, 0.25) is 0 Å². The van der Waals surface area contributed by atoms with E-state index in [1.165, 1.54) is 19.3 Å². The number of aliphatic carboxylic acids is 1. The van der Waals surface area contributed by atoms with Gasteiger partial charge < -0.3 is 15.3 Å². The van der Waals surface area contributed by atoms with E-state index in [4.69, 9.17) is 5.11 Å². The fourth-order valence-corrected chi connectivity index (χ4v) is 1.42. The van der Waals surface area contributed by atoms with Crippen LogP contribution in [-0.4, -0.2) is 50.1 Å². The van der Waals surface area contributed by atoms with E-state index in [0.717, 1.165) is 18.8 Å². The maximum absolute atomic E-state index is 10.0. The first-order chi connectivity index (χ1) is 8.49. The highest BCUT2D eigenvalue weighted by Crippen LogP contribution is 2.04. The molecular weight excluding hydrogens is 230 g/mol. The third-order valence-electron chi connectivity index (χ3n) is 2.35. The third-order valence-corrected chi connectivity index (χ3v) is 2.35. The number of rotatable bonds is 6. The van der Waals surface area contributed by atoms with Crippen molar-refractivity contribution >= 4 is 11.9 Å².